The number of amides is 1. The Hall–Kier alpha value is -2.49. The fraction of sp³-hybridized carbons (Fsp3) is 0.556. The monoisotopic (exact) mass is 398 g/mol. The first kappa shape index (κ1) is 20.2. The summed E-state index contributed by atoms with van der Waals surface area (Å²) in [7, 11) is 0. The van der Waals surface area contributed by atoms with Crippen LogP contribution in [0.1, 0.15) is 50.9 Å². The lowest BCUT2D eigenvalue weighted by Crippen LogP contribution is -2.54. The number of aromatic nitrogens is 3. The second kappa shape index (κ2) is 6.84. The SMILES string of the molecule is CC(C)c1nn(CC(=O)NC2CC(C)(O)C2)c(=O)c2ccc(C(F)(F)F)nc12. The van der Waals surface area contributed by atoms with E-state index < -0.39 is 28.9 Å². The van der Waals surface area contributed by atoms with Gasteiger partial charge >= 0.3 is 6.18 Å². The largest absolute Gasteiger partial charge is 0.433 e. The Kier molecular flexibility index (Phi) is 4.95. The lowest BCUT2D eigenvalue weighted by Gasteiger charge is -2.41. The van der Waals surface area contributed by atoms with Crippen LogP contribution in [0.5, 0.6) is 0 Å². The van der Waals surface area contributed by atoms with E-state index in [-0.39, 0.29) is 35.1 Å². The van der Waals surface area contributed by atoms with Gasteiger partial charge in [-0.2, -0.15) is 18.3 Å². The molecule has 1 saturated carbocycles. The Bertz CT molecular complexity index is 974. The van der Waals surface area contributed by atoms with Crippen molar-refractivity contribution < 1.29 is 23.1 Å². The molecule has 0 spiro atoms. The maximum absolute atomic E-state index is 13.0. The Morgan fingerprint density at radius 2 is 2.04 bits per heavy atom. The lowest BCUT2D eigenvalue weighted by atomic mass is 9.77. The van der Waals surface area contributed by atoms with Crippen LogP contribution in [0.15, 0.2) is 16.9 Å². The van der Waals surface area contributed by atoms with Gasteiger partial charge in [0.05, 0.1) is 16.7 Å². The molecule has 1 aliphatic rings. The van der Waals surface area contributed by atoms with Crippen molar-refractivity contribution in [1.29, 1.82) is 0 Å². The van der Waals surface area contributed by atoms with Crippen LogP contribution in [0.2, 0.25) is 0 Å². The number of nitrogens with one attached hydrogen (secondary N) is 1. The summed E-state index contributed by atoms with van der Waals surface area (Å²) < 4.78 is 39.9. The van der Waals surface area contributed by atoms with Gasteiger partial charge in [0.25, 0.3) is 5.56 Å². The Morgan fingerprint density at radius 3 is 2.57 bits per heavy atom. The zero-order chi connectivity index (χ0) is 20.9. The van der Waals surface area contributed by atoms with Gasteiger partial charge in [0.15, 0.2) is 0 Å². The zero-order valence-corrected chi connectivity index (χ0v) is 15.7. The van der Waals surface area contributed by atoms with E-state index in [0.29, 0.717) is 12.8 Å². The quantitative estimate of drug-likeness (QED) is 0.821. The molecule has 7 nitrogen and oxygen atoms in total. The summed E-state index contributed by atoms with van der Waals surface area (Å²) in [6.45, 7) is 4.74. The number of carbonyl (C=O) groups excluding carboxylic acids is 1. The van der Waals surface area contributed by atoms with Gasteiger partial charge in [-0.05, 0) is 37.8 Å². The first-order chi connectivity index (χ1) is 12.9. The number of pyridine rings is 1. The molecule has 0 radical (unpaired) electrons. The minimum Gasteiger partial charge on any atom is -0.390 e. The molecule has 10 heteroatoms. The van der Waals surface area contributed by atoms with E-state index in [1.165, 1.54) is 0 Å². The highest BCUT2D eigenvalue weighted by molar-refractivity contribution is 5.81. The van der Waals surface area contributed by atoms with Crippen molar-refractivity contribution in [1.82, 2.24) is 20.1 Å². The predicted octanol–water partition coefficient (Wildman–Crippen LogP) is 1.96. The summed E-state index contributed by atoms with van der Waals surface area (Å²) in [6.07, 6.45) is -3.80. The lowest BCUT2D eigenvalue weighted by molar-refractivity contribution is -0.141. The van der Waals surface area contributed by atoms with E-state index in [0.717, 1.165) is 16.8 Å². The Balaban J connectivity index is 1.94. The van der Waals surface area contributed by atoms with Gasteiger partial charge in [-0.3, -0.25) is 9.59 Å². The van der Waals surface area contributed by atoms with Crippen molar-refractivity contribution in [3.63, 3.8) is 0 Å². The Morgan fingerprint density at radius 1 is 1.39 bits per heavy atom. The maximum atomic E-state index is 13.0. The Labute approximate surface area is 158 Å². The molecule has 2 aromatic rings. The molecule has 1 aliphatic carbocycles. The highest BCUT2D eigenvalue weighted by Crippen LogP contribution is 2.31. The third-order valence-corrected chi connectivity index (χ3v) is 4.70. The van der Waals surface area contributed by atoms with Crippen molar-refractivity contribution >= 4 is 16.8 Å². The van der Waals surface area contributed by atoms with Gasteiger partial charge in [0, 0.05) is 6.04 Å². The first-order valence-electron chi connectivity index (χ1n) is 8.88. The van der Waals surface area contributed by atoms with Crippen LogP contribution in [0, 0.1) is 0 Å². The van der Waals surface area contributed by atoms with Crippen LogP contribution in [-0.4, -0.2) is 37.4 Å². The van der Waals surface area contributed by atoms with Gasteiger partial charge in [0.2, 0.25) is 5.91 Å². The van der Waals surface area contributed by atoms with Crippen molar-refractivity contribution in [2.75, 3.05) is 0 Å². The van der Waals surface area contributed by atoms with Gasteiger partial charge in [-0.1, -0.05) is 13.8 Å². The van der Waals surface area contributed by atoms with Gasteiger partial charge < -0.3 is 10.4 Å². The van der Waals surface area contributed by atoms with E-state index in [2.05, 4.69) is 15.4 Å². The molecule has 152 valence electrons. The summed E-state index contributed by atoms with van der Waals surface area (Å²) in [5, 5.41) is 16.5. The minimum absolute atomic E-state index is 0.0222. The summed E-state index contributed by atoms with van der Waals surface area (Å²) >= 11 is 0. The van der Waals surface area contributed by atoms with Gasteiger partial charge in [-0.25, -0.2) is 9.67 Å². The van der Waals surface area contributed by atoms with Crippen LogP contribution >= 0.6 is 0 Å². The van der Waals surface area contributed by atoms with Crippen molar-refractivity contribution in [3.05, 3.63) is 33.9 Å². The smallest absolute Gasteiger partial charge is 0.390 e. The summed E-state index contributed by atoms with van der Waals surface area (Å²) in [6, 6.07) is 1.63. The van der Waals surface area contributed by atoms with Gasteiger partial charge in [0.1, 0.15) is 17.8 Å². The number of aliphatic hydroxyl groups is 1. The third kappa shape index (κ3) is 4.01. The topological polar surface area (TPSA) is 97.1 Å². The number of hydrogen-bond donors (Lipinski definition) is 2. The molecule has 0 bridgehead atoms. The summed E-state index contributed by atoms with van der Waals surface area (Å²) in [5.74, 6) is -0.765. The molecular formula is C18H21F3N4O3. The number of carbonyl (C=O) groups is 1. The van der Waals surface area contributed by atoms with Crippen molar-refractivity contribution in [3.8, 4) is 0 Å². The van der Waals surface area contributed by atoms with Crippen LogP contribution in [0.25, 0.3) is 10.9 Å². The fourth-order valence-corrected chi connectivity index (χ4v) is 3.36. The van der Waals surface area contributed by atoms with E-state index in [9.17, 15) is 27.9 Å². The predicted molar refractivity (Wildman–Crippen MR) is 94.7 cm³/mol. The molecule has 1 amide bonds. The molecule has 2 N–H and O–H groups in total. The van der Waals surface area contributed by atoms with Gasteiger partial charge in [-0.15, -0.1) is 0 Å². The molecule has 0 aliphatic heterocycles. The van der Waals surface area contributed by atoms with Crippen LogP contribution in [0.3, 0.4) is 0 Å². The van der Waals surface area contributed by atoms with Crippen LogP contribution < -0.4 is 10.9 Å². The minimum atomic E-state index is -4.64. The van der Waals surface area contributed by atoms with Crippen LogP contribution in [0.4, 0.5) is 13.2 Å². The normalized spacial score (nSPS) is 22.4. The number of alkyl halides is 3. The third-order valence-electron chi connectivity index (χ3n) is 4.70. The maximum Gasteiger partial charge on any atom is 0.433 e. The summed E-state index contributed by atoms with van der Waals surface area (Å²) in [5.41, 5.74) is -2.49. The standard InChI is InChI=1S/C18H21F3N4O3/c1-9(2)14-15-11(4-5-12(23-15)18(19,20)21)16(27)25(24-14)8-13(26)22-10-6-17(3,28)7-10/h4-5,9-10,28H,6-8H2,1-3H3,(H,22,26). The molecule has 3 rings (SSSR count). The number of rotatable bonds is 4. The number of hydrogen-bond acceptors (Lipinski definition) is 5. The second-order valence-electron chi connectivity index (χ2n) is 7.76. The molecule has 0 atom stereocenters. The molecule has 1 fully saturated rings. The van der Waals surface area contributed by atoms with Crippen molar-refractivity contribution in [2.24, 2.45) is 0 Å². The zero-order valence-electron chi connectivity index (χ0n) is 15.7. The molecule has 2 aromatic heterocycles. The molecule has 2 heterocycles. The van der Waals surface area contributed by atoms with E-state index >= 15 is 0 Å². The second-order valence-corrected chi connectivity index (χ2v) is 7.76. The molecule has 28 heavy (non-hydrogen) atoms. The molecular weight excluding hydrogens is 377 g/mol. The summed E-state index contributed by atoms with van der Waals surface area (Å²) in [4.78, 5) is 28.5. The highest BCUT2D eigenvalue weighted by atomic mass is 19.4. The average molecular weight is 398 g/mol. The first-order valence-corrected chi connectivity index (χ1v) is 8.88. The fourth-order valence-electron chi connectivity index (χ4n) is 3.36. The van der Waals surface area contributed by atoms with E-state index in [4.69, 9.17) is 0 Å². The molecule has 0 unspecified atom stereocenters. The van der Waals surface area contributed by atoms with E-state index in [1.54, 1.807) is 20.8 Å². The number of nitrogens with zero attached hydrogens (tertiary/aromatic N) is 3. The van der Waals surface area contributed by atoms with Crippen LogP contribution in [-0.2, 0) is 17.5 Å². The average Bonchev–Trinajstić information content (AvgIpc) is 2.54. The number of halogens is 3. The molecule has 0 aromatic carbocycles. The number of fused-ring (bicyclic) bond motifs is 1. The highest BCUT2D eigenvalue weighted by Gasteiger charge is 2.39. The molecule has 0 saturated heterocycles. The van der Waals surface area contributed by atoms with Crippen molar-refractivity contribution in [2.45, 2.75) is 63.9 Å². The van der Waals surface area contributed by atoms with E-state index in [1.807, 2.05) is 0 Å².